The number of nitrogens with zero attached hydrogens (tertiary/aromatic N) is 2. The lowest BCUT2D eigenvalue weighted by atomic mass is 9.93. The van der Waals surface area contributed by atoms with E-state index in [4.69, 9.17) is 5.73 Å². The van der Waals surface area contributed by atoms with Gasteiger partial charge in [0, 0.05) is 19.7 Å². The van der Waals surface area contributed by atoms with E-state index in [1.54, 1.807) is 11.9 Å². The molecule has 0 saturated carbocycles. The van der Waals surface area contributed by atoms with Crippen LogP contribution in [0, 0.1) is 15.5 Å². The van der Waals surface area contributed by atoms with Crippen molar-refractivity contribution in [2.24, 2.45) is 11.1 Å². The highest BCUT2D eigenvalue weighted by Crippen LogP contribution is 2.36. The first-order valence-electron chi connectivity index (χ1n) is 6.25. The van der Waals surface area contributed by atoms with Crippen LogP contribution in [0.2, 0.25) is 0 Å². The molecule has 0 heterocycles. The Kier molecular flexibility index (Phi) is 4.83. The molecule has 21 heavy (non-hydrogen) atoms. The number of hydrogen-bond donors (Lipinski definition) is 1. The van der Waals surface area contributed by atoms with Crippen molar-refractivity contribution in [1.82, 2.24) is 0 Å². The van der Waals surface area contributed by atoms with Gasteiger partial charge in [0.25, 0.3) is 5.69 Å². The van der Waals surface area contributed by atoms with E-state index in [2.05, 4.69) is 0 Å². The van der Waals surface area contributed by atoms with E-state index in [9.17, 15) is 23.3 Å². The molecule has 1 rings (SSSR count). The van der Waals surface area contributed by atoms with Gasteiger partial charge in [0.1, 0.15) is 5.69 Å². The Balaban J connectivity index is 3.21. The number of nitro benzene ring substituents is 1. The Morgan fingerprint density at radius 3 is 2.33 bits per heavy atom. The van der Waals surface area contributed by atoms with Crippen LogP contribution in [-0.4, -0.2) is 25.1 Å². The Labute approximate surface area is 120 Å². The summed E-state index contributed by atoms with van der Waals surface area (Å²) in [4.78, 5) is 11.8. The first kappa shape index (κ1) is 17.2. The minimum Gasteiger partial charge on any atom is -0.368 e. The molecule has 1 aromatic rings. The molecule has 0 bridgehead atoms. The summed E-state index contributed by atoms with van der Waals surface area (Å²) in [6.07, 6.45) is -4.61. The summed E-state index contributed by atoms with van der Waals surface area (Å²) in [7, 11) is 1.59. The number of hydrogen-bond acceptors (Lipinski definition) is 4. The van der Waals surface area contributed by atoms with Crippen LogP contribution in [0.4, 0.5) is 24.5 Å². The molecule has 0 aliphatic carbocycles. The maximum absolute atomic E-state index is 12.6. The predicted octanol–water partition coefficient (Wildman–Crippen LogP) is 3.03. The van der Waals surface area contributed by atoms with Crippen molar-refractivity contribution in [2.75, 3.05) is 25.0 Å². The van der Waals surface area contributed by atoms with Crippen molar-refractivity contribution in [3.63, 3.8) is 0 Å². The molecule has 2 N–H and O–H groups in total. The van der Waals surface area contributed by atoms with Crippen molar-refractivity contribution in [3.8, 4) is 0 Å². The maximum atomic E-state index is 12.6. The molecule has 0 spiro atoms. The molecule has 8 heteroatoms. The van der Waals surface area contributed by atoms with Crippen LogP contribution in [0.25, 0.3) is 0 Å². The Bertz CT molecular complexity index is 530. The maximum Gasteiger partial charge on any atom is 0.416 e. The van der Waals surface area contributed by atoms with Crippen LogP contribution in [0.1, 0.15) is 19.4 Å². The molecule has 0 saturated heterocycles. The van der Waals surface area contributed by atoms with Gasteiger partial charge in [0.2, 0.25) is 0 Å². The Morgan fingerprint density at radius 1 is 1.33 bits per heavy atom. The van der Waals surface area contributed by atoms with Crippen LogP contribution in [-0.2, 0) is 6.18 Å². The summed E-state index contributed by atoms with van der Waals surface area (Å²) in [5, 5.41) is 11.0. The lowest BCUT2D eigenvalue weighted by molar-refractivity contribution is -0.384. The van der Waals surface area contributed by atoms with E-state index in [0.717, 1.165) is 12.1 Å². The number of anilines is 1. The van der Waals surface area contributed by atoms with E-state index in [-0.39, 0.29) is 11.1 Å². The summed E-state index contributed by atoms with van der Waals surface area (Å²) >= 11 is 0. The quantitative estimate of drug-likeness (QED) is 0.670. The van der Waals surface area contributed by atoms with Gasteiger partial charge < -0.3 is 10.6 Å². The van der Waals surface area contributed by atoms with Crippen LogP contribution >= 0.6 is 0 Å². The van der Waals surface area contributed by atoms with E-state index in [1.165, 1.54) is 0 Å². The van der Waals surface area contributed by atoms with Gasteiger partial charge in [-0.05, 0) is 24.1 Å². The number of alkyl halides is 3. The third-order valence-electron chi connectivity index (χ3n) is 3.13. The van der Waals surface area contributed by atoms with E-state index < -0.39 is 22.4 Å². The summed E-state index contributed by atoms with van der Waals surface area (Å²) < 4.78 is 37.9. The van der Waals surface area contributed by atoms with Crippen LogP contribution < -0.4 is 10.6 Å². The Morgan fingerprint density at radius 2 is 1.90 bits per heavy atom. The minimum atomic E-state index is -4.61. The highest BCUT2D eigenvalue weighted by Gasteiger charge is 2.34. The third-order valence-corrected chi connectivity index (χ3v) is 3.13. The first-order chi connectivity index (χ1) is 9.48. The number of benzene rings is 1. The van der Waals surface area contributed by atoms with Crippen LogP contribution in [0.3, 0.4) is 0 Å². The Hall–Kier alpha value is -1.83. The van der Waals surface area contributed by atoms with Gasteiger partial charge >= 0.3 is 6.18 Å². The number of rotatable bonds is 5. The van der Waals surface area contributed by atoms with Gasteiger partial charge in [0.15, 0.2) is 0 Å². The zero-order valence-corrected chi connectivity index (χ0v) is 12.1. The summed E-state index contributed by atoms with van der Waals surface area (Å²) in [6, 6.07) is 2.52. The van der Waals surface area contributed by atoms with Crippen molar-refractivity contribution in [3.05, 3.63) is 33.9 Å². The highest BCUT2D eigenvalue weighted by molar-refractivity contribution is 5.64. The molecule has 0 aromatic heterocycles. The van der Waals surface area contributed by atoms with Gasteiger partial charge in [0.05, 0.1) is 10.5 Å². The van der Waals surface area contributed by atoms with Crippen molar-refractivity contribution >= 4 is 11.4 Å². The third kappa shape index (κ3) is 4.32. The molecule has 0 fully saturated rings. The molecule has 1 aromatic carbocycles. The summed E-state index contributed by atoms with van der Waals surface area (Å²) in [6.45, 7) is 4.49. The number of nitro groups is 1. The molecule has 0 unspecified atom stereocenters. The second kappa shape index (κ2) is 5.88. The number of halogens is 3. The minimum absolute atomic E-state index is 0.134. The van der Waals surface area contributed by atoms with Gasteiger partial charge in [-0.2, -0.15) is 13.2 Å². The van der Waals surface area contributed by atoms with Gasteiger partial charge in [-0.3, -0.25) is 10.1 Å². The largest absolute Gasteiger partial charge is 0.416 e. The fourth-order valence-electron chi connectivity index (χ4n) is 1.96. The van der Waals surface area contributed by atoms with Gasteiger partial charge in [-0.15, -0.1) is 0 Å². The highest BCUT2D eigenvalue weighted by atomic mass is 19.4. The molecular formula is C13H18F3N3O2. The van der Waals surface area contributed by atoms with Crippen LogP contribution in [0.15, 0.2) is 18.2 Å². The zero-order chi connectivity index (χ0) is 16.4. The normalized spacial score (nSPS) is 12.3. The second-order valence-electron chi connectivity index (χ2n) is 5.68. The molecule has 0 atom stereocenters. The van der Waals surface area contributed by atoms with E-state index in [1.807, 2.05) is 13.8 Å². The molecule has 5 nitrogen and oxygen atoms in total. The van der Waals surface area contributed by atoms with Crippen molar-refractivity contribution in [2.45, 2.75) is 20.0 Å². The first-order valence-corrected chi connectivity index (χ1v) is 6.25. The summed E-state index contributed by atoms with van der Waals surface area (Å²) in [5.41, 5.74) is 3.82. The molecule has 0 aliphatic heterocycles. The fraction of sp³-hybridized carbons (Fsp3) is 0.538. The average Bonchev–Trinajstić information content (AvgIpc) is 2.36. The predicted molar refractivity (Wildman–Crippen MR) is 74.2 cm³/mol. The smallest absolute Gasteiger partial charge is 0.368 e. The fourth-order valence-corrected chi connectivity index (χ4v) is 1.96. The summed E-state index contributed by atoms with van der Waals surface area (Å²) in [5.74, 6) is 0. The topological polar surface area (TPSA) is 72.4 Å². The van der Waals surface area contributed by atoms with Crippen molar-refractivity contribution in [1.29, 1.82) is 0 Å². The lowest BCUT2D eigenvalue weighted by Crippen LogP contribution is -2.37. The van der Waals surface area contributed by atoms with Gasteiger partial charge in [-0.25, -0.2) is 0 Å². The molecule has 118 valence electrons. The monoisotopic (exact) mass is 305 g/mol. The zero-order valence-electron chi connectivity index (χ0n) is 12.1. The number of nitrogens with two attached hydrogens (primary N) is 1. The SMILES string of the molecule is CN(CC(C)(C)CN)c1ccc(C(F)(F)F)cc1[N+](=O)[O-]. The standard InChI is InChI=1S/C13H18F3N3O2/c1-12(2,7-17)8-18(3)10-5-4-9(13(14,15)16)6-11(10)19(20)21/h4-6H,7-8,17H2,1-3H3. The molecule has 0 amide bonds. The lowest BCUT2D eigenvalue weighted by Gasteiger charge is -2.30. The molecule has 0 aliphatic rings. The van der Waals surface area contributed by atoms with Crippen LogP contribution in [0.5, 0.6) is 0 Å². The van der Waals surface area contributed by atoms with Gasteiger partial charge in [-0.1, -0.05) is 13.8 Å². The van der Waals surface area contributed by atoms with E-state index >= 15 is 0 Å². The van der Waals surface area contributed by atoms with Crippen molar-refractivity contribution < 1.29 is 18.1 Å². The molecular weight excluding hydrogens is 287 g/mol. The second-order valence-corrected chi connectivity index (χ2v) is 5.68. The average molecular weight is 305 g/mol. The molecule has 0 radical (unpaired) electrons. The van der Waals surface area contributed by atoms with E-state index in [0.29, 0.717) is 19.2 Å².